The molecule has 6 nitrogen and oxygen atoms in total. The predicted molar refractivity (Wildman–Crippen MR) is 96.9 cm³/mol. The molecule has 0 spiro atoms. The van der Waals surface area contributed by atoms with Gasteiger partial charge in [-0.25, -0.2) is 0 Å². The van der Waals surface area contributed by atoms with Gasteiger partial charge in [0.2, 0.25) is 0 Å². The summed E-state index contributed by atoms with van der Waals surface area (Å²) in [6.45, 7) is 6.09. The van der Waals surface area contributed by atoms with E-state index in [-0.39, 0.29) is 24.6 Å². The van der Waals surface area contributed by atoms with Crippen LogP contribution in [0, 0.1) is 0 Å². The number of methoxy groups -OCH3 is 1. The van der Waals surface area contributed by atoms with Gasteiger partial charge in [0.05, 0.1) is 19.6 Å². The molecule has 7 heteroatoms. The molecule has 1 aliphatic rings. The molecule has 1 aromatic carbocycles. The molecule has 25 heavy (non-hydrogen) atoms. The number of hydrogen-bond donors (Lipinski definition) is 1. The molecule has 1 fully saturated rings. The zero-order valence-corrected chi connectivity index (χ0v) is 15.5. The Morgan fingerprint density at radius 1 is 1.24 bits per heavy atom. The molecule has 0 saturated carbocycles. The summed E-state index contributed by atoms with van der Waals surface area (Å²) < 4.78 is 22.6. The molecule has 1 aromatic rings. The van der Waals surface area contributed by atoms with Gasteiger partial charge in [-0.15, -0.1) is 0 Å². The molecule has 0 unspecified atom stereocenters. The van der Waals surface area contributed by atoms with Crippen molar-refractivity contribution in [3.05, 3.63) is 24.3 Å². The van der Waals surface area contributed by atoms with E-state index in [1.807, 2.05) is 45.0 Å². The van der Waals surface area contributed by atoms with Crippen molar-refractivity contribution in [3.63, 3.8) is 0 Å². The van der Waals surface area contributed by atoms with Crippen LogP contribution in [0.5, 0.6) is 5.75 Å². The van der Waals surface area contributed by atoms with Crippen LogP contribution in [0.2, 0.25) is 0 Å². The summed E-state index contributed by atoms with van der Waals surface area (Å²) in [4.78, 5) is 12.1. The lowest BCUT2D eigenvalue weighted by Crippen LogP contribution is -2.49. The standard InChI is InChI=1S/C18H28BNO5/c1-18(2,3)23-17(21)12-16-11-15(9-10-20)24-19(25-16)13-5-7-14(22-4)8-6-13/h5-8,15-16H,9-12,20H2,1-4H3/t15-,16+/m0/s1. The first-order chi connectivity index (χ1) is 11.8. The van der Waals surface area contributed by atoms with Crippen LogP contribution in [0.4, 0.5) is 0 Å². The monoisotopic (exact) mass is 349 g/mol. The van der Waals surface area contributed by atoms with E-state index in [1.165, 1.54) is 0 Å². The lowest BCUT2D eigenvalue weighted by molar-refractivity contribution is -0.157. The molecule has 138 valence electrons. The van der Waals surface area contributed by atoms with Crippen molar-refractivity contribution in [3.8, 4) is 5.75 Å². The van der Waals surface area contributed by atoms with Gasteiger partial charge >= 0.3 is 13.1 Å². The van der Waals surface area contributed by atoms with E-state index < -0.39 is 12.7 Å². The van der Waals surface area contributed by atoms with Gasteiger partial charge in [-0.3, -0.25) is 4.79 Å². The Hall–Kier alpha value is -1.57. The quantitative estimate of drug-likeness (QED) is 0.621. The zero-order valence-electron chi connectivity index (χ0n) is 15.5. The summed E-state index contributed by atoms with van der Waals surface area (Å²) in [5.74, 6) is 0.503. The lowest BCUT2D eigenvalue weighted by atomic mass is 9.76. The summed E-state index contributed by atoms with van der Waals surface area (Å²) in [7, 11) is 1.10. The number of rotatable bonds is 6. The first-order valence-corrected chi connectivity index (χ1v) is 8.67. The third-order valence-electron chi connectivity index (χ3n) is 3.85. The molecule has 2 rings (SSSR count). The number of hydrogen-bond acceptors (Lipinski definition) is 6. The topological polar surface area (TPSA) is 80.0 Å². The molecule has 0 bridgehead atoms. The Labute approximate surface area is 150 Å². The fourth-order valence-corrected chi connectivity index (χ4v) is 2.78. The number of benzene rings is 1. The number of nitrogens with two attached hydrogens (primary N) is 1. The molecule has 2 N–H and O–H groups in total. The molecule has 2 atom stereocenters. The third kappa shape index (κ3) is 6.34. The number of esters is 1. The van der Waals surface area contributed by atoms with Crippen LogP contribution in [0.25, 0.3) is 0 Å². The predicted octanol–water partition coefficient (Wildman–Crippen LogP) is 1.65. The minimum absolute atomic E-state index is 0.0433. The Bertz CT molecular complexity index is 558. The van der Waals surface area contributed by atoms with Crippen LogP contribution in [-0.2, 0) is 18.8 Å². The van der Waals surface area contributed by atoms with Crippen LogP contribution < -0.4 is 15.9 Å². The van der Waals surface area contributed by atoms with Crippen LogP contribution in [0.1, 0.15) is 40.0 Å². The average Bonchev–Trinajstić information content (AvgIpc) is 2.53. The molecule has 0 aliphatic carbocycles. The Morgan fingerprint density at radius 2 is 1.88 bits per heavy atom. The maximum atomic E-state index is 12.1. The fourth-order valence-electron chi connectivity index (χ4n) is 2.78. The minimum Gasteiger partial charge on any atom is -0.497 e. The summed E-state index contributed by atoms with van der Waals surface area (Å²) in [5, 5.41) is 0. The van der Waals surface area contributed by atoms with Gasteiger partial charge in [-0.2, -0.15) is 0 Å². The maximum absolute atomic E-state index is 12.1. The highest BCUT2D eigenvalue weighted by atomic mass is 16.6. The van der Waals surface area contributed by atoms with Crippen molar-refractivity contribution in [1.29, 1.82) is 0 Å². The Balaban J connectivity index is 2.05. The average molecular weight is 349 g/mol. The van der Waals surface area contributed by atoms with Gasteiger partial charge < -0.3 is 24.5 Å². The van der Waals surface area contributed by atoms with Crippen molar-refractivity contribution in [2.24, 2.45) is 5.73 Å². The first-order valence-electron chi connectivity index (χ1n) is 8.67. The van der Waals surface area contributed by atoms with E-state index >= 15 is 0 Å². The third-order valence-corrected chi connectivity index (χ3v) is 3.85. The number of carbonyl (C=O) groups is 1. The van der Waals surface area contributed by atoms with Crippen molar-refractivity contribution in [2.75, 3.05) is 13.7 Å². The smallest absolute Gasteiger partial charge is 0.494 e. The van der Waals surface area contributed by atoms with Gasteiger partial charge in [0.15, 0.2) is 0 Å². The van der Waals surface area contributed by atoms with Gasteiger partial charge in [0.25, 0.3) is 0 Å². The van der Waals surface area contributed by atoms with Gasteiger partial charge in [-0.05, 0) is 57.8 Å². The number of carbonyl (C=O) groups excluding carboxylic acids is 1. The van der Waals surface area contributed by atoms with Crippen LogP contribution in [0.15, 0.2) is 24.3 Å². The second-order valence-corrected chi connectivity index (χ2v) is 7.22. The van der Waals surface area contributed by atoms with E-state index in [9.17, 15) is 4.79 Å². The van der Waals surface area contributed by atoms with E-state index in [0.717, 1.165) is 17.6 Å². The number of ether oxygens (including phenoxy) is 2. The normalized spacial score (nSPS) is 21.1. The Kier molecular flexibility index (Phi) is 6.87. The highest BCUT2D eigenvalue weighted by Gasteiger charge is 2.36. The van der Waals surface area contributed by atoms with Crippen molar-refractivity contribution >= 4 is 18.6 Å². The minimum atomic E-state index is -0.524. The second kappa shape index (κ2) is 8.69. The first kappa shape index (κ1) is 19.8. The van der Waals surface area contributed by atoms with Gasteiger partial charge in [0, 0.05) is 6.10 Å². The second-order valence-electron chi connectivity index (χ2n) is 7.22. The van der Waals surface area contributed by atoms with Crippen LogP contribution in [0.3, 0.4) is 0 Å². The van der Waals surface area contributed by atoms with Crippen molar-refractivity contribution in [2.45, 2.75) is 57.8 Å². The van der Waals surface area contributed by atoms with Crippen molar-refractivity contribution < 1.29 is 23.6 Å². The Morgan fingerprint density at radius 3 is 2.44 bits per heavy atom. The lowest BCUT2D eigenvalue weighted by Gasteiger charge is -2.34. The zero-order chi connectivity index (χ0) is 18.4. The van der Waals surface area contributed by atoms with E-state index in [1.54, 1.807) is 7.11 Å². The highest BCUT2D eigenvalue weighted by Crippen LogP contribution is 2.23. The van der Waals surface area contributed by atoms with Crippen LogP contribution in [-0.4, -0.2) is 44.6 Å². The fraction of sp³-hybridized carbons (Fsp3) is 0.611. The molecule has 0 radical (unpaired) electrons. The van der Waals surface area contributed by atoms with E-state index in [2.05, 4.69) is 0 Å². The largest absolute Gasteiger partial charge is 0.497 e. The summed E-state index contributed by atoms with van der Waals surface area (Å²) in [5.41, 5.74) is 6.06. The molecular formula is C18H28BNO5. The van der Waals surface area contributed by atoms with Crippen LogP contribution >= 0.6 is 0 Å². The van der Waals surface area contributed by atoms with E-state index in [4.69, 9.17) is 24.5 Å². The summed E-state index contributed by atoms with van der Waals surface area (Å²) in [6.07, 6.45) is 1.25. The summed E-state index contributed by atoms with van der Waals surface area (Å²) in [6, 6.07) is 7.52. The molecule has 1 saturated heterocycles. The molecular weight excluding hydrogens is 321 g/mol. The maximum Gasteiger partial charge on any atom is 0.494 e. The van der Waals surface area contributed by atoms with Crippen molar-refractivity contribution in [1.82, 2.24) is 0 Å². The summed E-state index contributed by atoms with van der Waals surface area (Å²) >= 11 is 0. The molecule has 0 amide bonds. The highest BCUT2D eigenvalue weighted by molar-refractivity contribution is 6.61. The molecule has 1 heterocycles. The van der Waals surface area contributed by atoms with E-state index in [0.29, 0.717) is 13.0 Å². The molecule has 0 aromatic heterocycles. The SMILES string of the molecule is COc1ccc(B2O[C@@H](CCN)C[C@H](CC(=O)OC(C)(C)C)O2)cc1. The molecule has 1 aliphatic heterocycles. The van der Waals surface area contributed by atoms with Gasteiger partial charge in [0.1, 0.15) is 11.4 Å². The van der Waals surface area contributed by atoms with Gasteiger partial charge in [-0.1, -0.05) is 12.1 Å².